The van der Waals surface area contributed by atoms with Crippen LogP contribution in [0.3, 0.4) is 0 Å². The van der Waals surface area contributed by atoms with E-state index >= 15 is 0 Å². The average molecular weight is 300 g/mol. The van der Waals surface area contributed by atoms with Crippen LogP contribution in [-0.2, 0) is 0 Å². The predicted octanol–water partition coefficient (Wildman–Crippen LogP) is 1.99. The van der Waals surface area contributed by atoms with Crippen LogP contribution >= 0.6 is 12.2 Å². The van der Waals surface area contributed by atoms with Gasteiger partial charge in [0.1, 0.15) is 5.69 Å². The van der Waals surface area contributed by atoms with Crippen LogP contribution in [0.1, 0.15) is 16.9 Å². The quantitative estimate of drug-likeness (QED) is 0.797. The zero-order chi connectivity index (χ0) is 15.2. The molecule has 108 valence electrons. The van der Waals surface area contributed by atoms with Gasteiger partial charge in [0.25, 0.3) is 5.91 Å². The number of hydrogen-bond acceptors (Lipinski definition) is 4. The largest absolute Gasteiger partial charge is 0.393 e. The zero-order valence-corrected chi connectivity index (χ0v) is 12.2. The molecule has 1 heterocycles. The first-order valence-corrected chi connectivity index (χ1v) is 6.85. The number of carbonyl (C=O) groups is 1. The van der Waals surface area contributed by atoms with Crippen LogP contribution in [0, 0.1) is 0 Å². The van der Waals surface area contributed by atoms with Crippen molar-refractivity contribution >= 4 is 34.5 Å². The van der Waals surface area contributed by atoms with E-state index in [4.69, 9.17) is 23.7 Å². The lowest BCUT2D eigenvalue weighted by Crippen LogP contribution is -2.23. The highest BCUT2D eigenvalue weighted by atomic mass is 32.1. The Morgan fingerprint density at radius 1 is 1.14 bits per heavy atom. The first kappa shape index (κ1) is 14.9. The first-order valence-electron chi connectivity index (χ1n) is 6.44. The number of benzene rings is 1. The highest BCUT2D eigenvalue weighted by molar-refractivity contribution is 7.80. The van der Waals surface area contributed by atoms with Crippen molar-refractivity contribution in [2.75, 3.05) is 11.4 Å². The molecule has 0 saturated carbocycles. The summed E-state index contributed by atoms with van der Waals surface area (Å²) < 4.78 is 0. The van der Waals surface area contributed by atoms with Crippen LogP contribution in [0.4, 0.5) is 11.4 Å². The van der Waals surface area contributed by atoms with E-state index in [9.17, 15) is 4.79 Å². The van der Waals surface area contributed by atoms with Gasteiger partial charge in [-0.3, -0.25) is 9.78 Å². The van der Waals surface area contributed by atoms with Crippen LogP contribution in [0.25, 0.3) is 0 Å². The number of nitrogens with two attached hydrogens (primary N) is 2. The topological polar surface area (TPSA) is 85.2 Å². The van der Waals surface area contributed by atoms with Crippen molar-refractivity contribution in [1.82, 2.24) is 4.98 Å². The number of primary amides is 1. The summed E-state index contributed by atoms with van der Waals surface area (Å²) >= 11 is 4.95. The summed E-state index contributed by atoms with van der Waals surface area (Å²) in [5, 5.41) is 0. The van der Waals surface area contributed by atoms with Crippen molar-refractivity contribution in [1.29, 1.82) is 0 Å². The van der Waals surface area contributed by atoms with E-state index in [-0.39, 0.29) is 5.69 Å². The van der Waals surface area contributed by atoms with Gasteiger partial charge in [-0.2, -0.15) is 0 Å². The molecule has 0 saturated heterocycles. The number of anilines is 2. The third-order valence-corrected chi connectivity index (χ3v) is 3.16. The first-order chi connectivity index (χ1) is 10.1. The minimum Gasteiger partial charge on any atom is -0.393 e. The van der Waals surface area contributed by atoms with Gasteiger partial charge in [0.05, 0.1) is 4.99 Å². The summed E-state index contributed by atoms with van der Waals surface area (Å²) in [5.41, 5.74) is 12.9. The van der Waals surface area contributed by atoms with Gasteiger partial charge in [0, 0.05) is 30.5 Å². The van der Waals surface area contributed by atoms with E-state index in [0.717, 1.165) is 11.4 Å². The maximum atomic E-state index is 11.3. The number of pyridine rings is 1. The Labute approximate surface area is 128 Å². The number of nitrogens with zero attached hydrogens (tertiary/aromatic N) is 2. The van der Waals surface area contributed by atoms with Crippen LogP contribution in [-0.4, -0.2) is 22.4 Å². The zero-order valence-electron chi connectivity index (χ0n) is 11.4. The number of amides is 1. The fourth-order valence-corrected chi connectivity index (χ4v) is 2.05. The highest BCUT2D eigenvalue weighted by Gasteiger charge is 2.12. The fraction of sp³-hybridized carbons (Fsp3) is 0.133. The Bertz CT molecular complexity index is 645. The minimum absolute atomic E-state index is 0.226. The van der Waals surface area contributed by atoms with Crippen molar-refractivity contribution in [2.24, 2.45) is 11.5 Å². The summed E-state index contributed by atoms with van der Waals surface area (Å²) in [6.45, 7) is 0.613. The van der Waals surface area contributed by atoms with Gasteiger partial charge in [0.2, 0.25) is 0 Å². The Morgan fingerprint density at radius 2 is 1.86 bits per heavy atom. The fourth-order valence-electron chi connectivity index (χ4n) is 1.96. The standard InChI is InChI=1S/C15H16N4OS/c16-14(21)7-9-19(11-4-2-1-3-5-11)12-6-8-18-13(10-12)15(17)20/h1-6,8,10H,7,9H2,(H2,16,21)(H2,17,20). The van der Waals surface area contributed by atoms with Gasteiger partial charge < -0.3 is 16.4 Å². The van der Waals surface area contributed by atoms with E-state index in [1.54, 1.807) is 12.3 Å². The summed E-state index contributed by atoms with van der Waals surface area (Å²) in [6, 6.07) is 13.3. The van der Waals surface area contributed by atoms with Crippen LogP contribution in [0.2, 0.25) is 0 Å². The number of thiocarbonyl (C=S) groups is 1. The molecule has 0 aliphatic carbocycles. The third kappa shape index (κ3) is 4.00. The van der Waals surface area contributed by atoms with Crippen LogP contribution < -0.4 is 16.4 Å². The molecule has 2 rings (SSSR count). The van der Waals surface area contributed by atoms with Crippen molar-refractivity contribution in [3.63, 3.8) is 0 Å². The molecule has 4 N–H and O–H groups in total. The molecular weight excluding hydrogens is 284 g/mol. The lowest BCUT2D eigenvalue weighted by atomic mass is 10.2. The third-order valence-electron chi connectivity index (χ3n) is 2.96. The molecule has 0 fully saturated rings. The van der Waals surface area contributed by atoms with Crippen molar-refractivity contribution < 1.29 is 4.79 Å². The van der Waals surface area contributed by atoms with E-state index in [1.807, 2.05) is 41.3 Å². The van der Waals surface area contributed by atoms with Gasteiger partial charge in [-0.1, -0.05) is 30.4 Å². The average Bonchev–Trinajstić information content (AvgIpc) is 2.48. The number of aromatic nitrogens is 1. The SMILES string of the molecule is NC(=O)c1cc(N(CCC(N)=S)c2ccccc2)ccn1. The summed E-state index contributed by atoms with van der Waals surface area (Å²) in [6.07, 6.45) is 2.13. The van der Waals surface area contributed by atoms with Gasteiger partial charge in [-0.15, -0.1) is 0 Å². The maximum absolute atomic E-state index is 11.3. The summed E-state index contributed by atoms with van der Waals surface area (Å²) in [5.74, 6) is -0.556. The molecule has 0 aliphatic rings. The summed E-state index contributed by atoms with van der Waals surface area (Å²) in [4.78, 5) is 17.7. The van der Waals surface area contributed by atoms with Crippen molar-refractivity contribution in [3.05, 3.63) is 54.4 Å². The molecule has 1 aromatic heterocycles. The second-order valence-electron chi connectivity index (χ2n) is 4.47. The minimum atomic E-state index is -0.556. The van der Waals surface area contributed by atoms with Crippen molar-refractivity contribution in [2.45, 2.75) is 6.42 Å². The lowest BCUT2D eigenvalue weighted by molar-refractivity contribution is 0.0995. The van der Waals surface area contributed by atoms with Gasteiger partial charge in [-0.25, -0.2) is 0 Å². The Kier molecular flexibility index (Phi) is 4.84. The smallest absolute Gasteiger partial charge is 0.267 e. The molecule has 0 atom stereocenters. The molecule has 1 aromatic carbocycles. The van der Waals surface area contributed by atoms with Gasteiger partial charge in [0.15, 0.2) is 0 Å². The second kappa shape index (κ2) is 6.81. The molecular formula is C15H16N4OS. The maximum Gasteiger partial charge on any atom is 0.267 e. The summed E-state index contributed by atoms with van der Waals surface area (Å²) in [7, 11) is 0. The molecule has 0 aliphatic heterocycles. The molecule has 21 heavy (non-hydrogen) atoms. The second-order valence-corrected chi connectivity index (χ2v) is 4.99. The Morgan fingerprint density at radius 3 is 2.48 bits per heavy atom. The van der Waals surface area contributed by atoms with E-state index in [0.29, 0.717) is 18.0 Å². The normalized spacial score (nSPS) is 10.1. The molecule has 6 heteroatoms. The lowest BCUT2D eigenvalue weighted by Gasteiger charge is -2.25. The molecule has 0 radical (unpaired) electrons. The van der Waals surface area contributed by atoms with E-state index in [2.05, 4.69) is 4.98 Å². The van der Waals surface area contributed by atoms with Gasteiger partial charge in [-0.05, 0) is 24.3 Å². The van der Waals surface area contributed by atoms with Crippen LogP contribution in [0.15, 0.2) is 48.7 Å². The number of para-hydroxylation sites is 1. The number of carbonyl (C=O) groups excluding carboxylic acids is 1. The molecule has 2 aromatic rings. The number of hydrogen-bond donors (Lipinski definition) is 2. The molecule has 0 unspecified atom stereocenters. The Balaban J connectivity index is 2.37. The monoisotopic (exact) mass is 300 g/mol. The molecule has 5 nitrogen and oxygen atoms in total. The van der Waals surface area contributed by atoms with E-state index in [1.165, 1.54) is 0 Å². The predicted molar refractivity (Wildman–Crippen MR) is 87.6 cm³/mol. The van der Waals surface area contributed by atoms with Crippen molar-refractivity contribution in [3.8, 4) is 0 Å². The Hall–Kier alpha value is -2.47. The highest BCUT2D eigenvalue weighted by Crippen LogP contribution is 2.25. The molecule has 1 amide bonds. The van der Waals surface area contributed by atoms with Crippen LogP contribution in [0.5, 0.6) is 0 Å². The molecule has 0 bridgehead atoms. The number of rotatable bonds is 6. The van der Waals surface area contributed by atoms with Gasteiger partial charge >= 0.3 is 0 Å². The molecule has 0 spiro atoms. The van der Waals surface area contributed by atoms with E-state index < -0.39 is 5.91 Å².